The van der Waals surface area contributed by atoms with Crippen LogP contribution in [-0.4, -0.2) is 9.85 Å². The molecule has 0 aliphatic rings. The number of hydrogen-bond acceptors (Lipinski definition) is 6. The van der Waals surface area contributed by atoms with Gasteiger partial charge in [0.2, 0.25) is 0 Å². The second-order valence-corrected chi connectivity index (χ2v) is 5.96. The third kappa shape index (κ3) is 3.41. The van der Waals surface area contributed by atoms with Crippen molar-refractivity contribution in [2.24, 2.45) is 0 Å². The van der Waals surface area contributed by atoms with Crippen LogP contribution in [0.4, 0.5) is 16.4 Å². The van der Waals surface area contributed by atoms with Crippen LogP contribution in [0.25, 0.3) is 0 Å². The Labute approximate surface area is 132 Å². The van der Waals surface area contributed by atoms with E-state index in [0.29, 0.717) is 5.02 Å². The molecule has 1 heterocycles. The highest BCUT2D eigenvalue weighted by Gasteiger charge is 2.36. The smallest absolute Gasteiger partial charge is 0.367 e. The highest BCUT2D eigenvalue weighted by atomic mass is 35.5. The van der Waals surface area contributed by atoms with E-state index in [-0.39, 0.29) is 15.9 Å². The van der Waals surface area contributed by atoms with Crippen molar-refractivity contribution >= 4 is 50.9 Å². The zero-order valence-electron chi connectivity index (χ0n) is 10.2. The molecule has 0 aliphatic heterocycles. The number of nitrogens with zero attached hydrogens (tertiary/aromatic N) is 2. The van der Waals surface area contributed by atoms with Gasteiger partial charge in [0.25, 0.3) is 0 Å². The van der Waals surface area contributed by atoms with E-state index in [1.54, 1.807) is 24.3 Å². The lowest BCUT2D eigenvalue weighted by atomic mass is 10.2. The van der Waals surface area contributed by atoms with Crippen molar-refractivity contribution < 1.29 is 9.85 Å². The van der Waals surface area contributed by atoms with Gasteiger partial charge < -0.3 is 5.32 Å². The van der Waals surface area contributed by atoms with Crippen LogP contribution < -0.4 is 5.32 Å². The van der Waals surface area contributed by atoms with Gasteiger partial charge in [0, 0.05) is 11.6 Å². The average molecular weight is 348 g/mol. The standard InChI is InChI=1S/C11H7Cl2N3O4S/c12-7-3-1-2-6(4-7)5-14-11-9(16(19)20)8(15(17)18)10(13)21-11/h1-4,14H,5H2. The molecule has 7 nitrogen and oxygen atoms in total. The third-order valence-corrected chi connectivity index (χ3v) is 4.08. The summed E-state index contributed by atoms with van der Waals surface area (Å²) in [6.07, 6.45) is 0. The summed E-state index contributed by atoms with van der Waals surface area (Å²) >= 11 is 12.3. The molecule has 0 atom stereocenters. The number of halogens is 2. The molecule has 0 radical (unpaired) electrons. The van der Waals surface area contributed by atoms with Crippen molar-refractivity contribution in [1.29, 1.82) is 0 Å². The number of rotatable bonds is 5. The van der Waals surface area contributed by atoms with Gasteiger partial charge >= 0.3 is 11.4 Å². The lowest BCUT2D eigenvalue weighted by Crippen LogP contribution is -2.01. The molecule has 1 aromatic heterocycles. The Bertz CT molecular complexity index is 719. The summed E-state index contributed by atoms with van der Waals surface area (Å²) < 4.78 is -0.236. The highest BCUT2D eigenvalue weighted by Crippen LogP contribution is 2.48. The van der Waals surface area contributed by atoms with Gasteiger partial charge in [-0.2, -0.15) is 0 Å². The summed E-state index contributed by atoms with van der Waals surface area (Å²) in [5, 5.41) is 25.2. The van der Waals surface area contributed by atoms with E-state index in [9.17, 15) is 20.2 Å². The molecule has 10 heteroatoms. The third-order valence-electron chi connectivity index (χ3n) is 2.52. The van der Waals surface area contributed by atoms with E-state index >= 15 is 0 Å². The quantitative estimate of drug-likeness (QED) is 0.634. The molecule has 0 unspecified atom stereocenters. The van der Waals surface area contributed by atoms with Crippen molar-refractivity contribution in [1.82, 2.24) is 0 Å². The summed E-state index contributed by atoms with van der Waals surface area (Å²) in [5.74, 6) is 0. The maximum atomic E-state index is 11.0. The summed E-state index contributed by atoms with van der Waals surface area (Å²) in [4.78, 5) is 20.2. The number of benzene rings is 1. The van der Waals surface area contributed by atoms with Crippen LogP contribution in [-0.2, 0) is 6.54 Å². The first-order valence-electron chi connectivity index (χ1n) is 5.49. The molecule has 1 aromatic carbocycles. The molecular formula is C11H7Cl2N3O4S. The predicted octanol–water partition coefficient (Wildman–Crippen LogP) is 4.48. The molecule has 0 saturated carbocycles. The maximum absolute atomic E-state index is 11.0. The summed E-state index contributed by atoms with van der Waals surface area (Å²) in [6.45, 7) is 0.232. The monoisotopic (exact) mass is 347 g/mol. The van der Waals surface area contributed by atoms with Crippen LogP contribution in [0.3, 0.4) is 0 Å². The minimum Gasteiger partial charge on any atom is -0.367 e. The van der Waals surface area contributed by atoms with Gasteiger partial charge in [-0.25, -0.2) is 0 Å². The fraction of sp³-hybridized carbons (Fsp3) is 0.0909. The average Bonchev–Trinajstić information content (AvgIpc) is 2.73. The molecule has 1 N–H and O–H groups in total. The van der Waals surface area contributed by atoms with Gasteiger partial charge in [0.15, 0.2) is 9.34 Å². The molecular weight excluding hydrogens is 341 g/mol. The Balaban J connectivity index is 2.30. The normalized spacial score (nSPS) is 10.4. The molecule has 0 saturated heterocycles. The molecule has 110 valence electrons. The van der Waals surface area contributed by atoms with Crippen molar-refractivity contribution in [2.75, 3.05) is 5.32 Å². The van der Waals surface area contributed by atoms with E-state index in [2.05, 4.69) is 5.32 Å². The first-order chi connectivity index (χ1) is 9.90. The second kappa shape index (κ2) is 6.25. The van der Waals surface area contributed by atoms with Crippen LogP contribution in [0.5, 0.6) is 0 Å². The topological polar surface area (TPSA) is 98.3 Å². The zero-order chi connectivity index (χ0) is 15.6. The molecule has 0 aliphatic carbocycles. The zero-order valence-corrected chi connectivity index (χ0v) is 12.5. The van der Waals surface area contributed by atoms with E-state index in [1.165, 1.54) is 0 Å². The Morgan fingerprint density at radius 1 is 1.14 bits per heavy atom. The molecule has 2 aromatic rings. The van der Waals surface area contributed by atoms with Crippen LogP contribution in [0.1, 0.15) is 5.56 Å². The Morgan fingerprint density at radius 2 is 1.81 bits per heavy atom. The maximum Gasteiger partial charge on any atom is 0.381 e. The molecule has 0 fully saturated rings. The van der Waals surface area contributed by atoms with Crippen molar-refractivity contribution in [3.63, 3.8) is 0 Å². The largest absolute Gasteiger partial charge is 0.381 e. The van der Waals surface area contributed by atoms with Crippen LogP contribution in [0.15, 0.2) is 24.3 Å². The van der Waals surface area contributed by atoms with E-state index in [0.717, 1.165) is 16.9 Å². The van der Waals surface area contributed by atoms with Crippen molar-refractivity contribution in [3.8, 4) is 0 Å². The predicted molar refractivity (Wildman–Crippen MR) is 81.4 cm³/mol. The number of nitrogens with one attached hydrogen (secondary N) is 1. The van der Waals surface area contributed by atoms with Crippen LogP contribution >= 0.6 is 34.5 Å². The fourth-order valence-electron chi connectivity index (χ4n) is 1.66. The van der Waals surface area contributed by atoms with Crippen molar-refractivity contribution in [2.45, 2.75) is 6.54 Å². The first-order valence-corrected chi connectivity index (χ1v) is 7.06. The number of nitro groups is 2. The van der Waals surface area contributed by atoms with Crippen LogP contribution in [0.2, 0.25) is 9.36 Å². The fourth-order valence-corrected chi connectivity index (χ4v) is 3.13. The van der Waals surface area contributed by atoms with E-state index < -0.39 is 21.2 Å². The van der Waals surface area contributed by atoms with Gasteiger partial charge in [0.05, 0.1) is 9.85 Å². The lowest BCUT2D eigenvalue weighted by Gasteiger charge is -2.03. The second-order valence-electron chi connectivity index (χ2n) is 3.90. The molecule has 2 rings (SSSR count). The number of anilines is 1. The highest BCUT2D eigenvalue weighted by molar-refractivity contribution is 7.21. The van der Waals surface area contributed by atoms with Gasteiger partial charge in [-0.1, -0.05) is 46.7 Å². The molecule has 21 heavy (non-hydrogen) atoms. The Kier molecular flexibility index (Phi) is 4.61. The van der Waals surface area contributed by atoms with E-state index in [4.69, 9.17) is 23.2 Å². The Hall–Kier alpha value is -1.90. The number of thiophene rings is 1. The molecule has 0 spiro atoms. The van der Waals surface area contributed by atoms with Gasteiger partial charge in [-0.15, -0.1) is 0 Å². The molecule has 0 bridgehead atoms. The SMILES string of the molecule is O=[N+]([O-])c1c(Cl)sc(NCc2cccc(Cl)c2)c1[N+](=O)[O-]. The van der Waals surface area contributed by atoms with Gasteiger partial charge in [-0.3, -0.25) is 20.2 Å². The van der Waals surface area contributed by atoms with E-state index in [1.807, 2.05) is 0 Å². The first kappa shape index (κ1) is 15.5. The number of hydrogen-bond donors (Lipinski definition) is 1. The summed E-state index contributed by atoms with van der Waals surface area (Å²) in [6, 6.07) is 6.89. The van der Waals surface area contributed by atoms with Gasteiger partial charge in [-0.05, 0) is 17.7 Å². The van der Waals surface area contributed by atoms with Gasteiger partial charge in [0.1, 0.15) is 0 Å². The van der Waals surface area contributed by atoms with Crippen molar-refractivity contribution in [3.05, 3.63) is 59.4 Å². The minimum absolute atomic E-state index is 0.0386. The minimum atomic E-state index is -0.860. The molecule has 0 amide bonds. The lowest BCUT2D eigenvalue weighted by molar-refractivity contribution is -0.421. The summed E-state index contributed by atoms with van der Waals surface area (Å²) in [7, 11) is 0. The summed E-state index contributed by atoms with van der Waals surface area (Å²) in [5.41, 5.74) is -0.540. The van der Waals surface area contributed by atoms with Crippen LogP contribution in [0, 0.1) is 20.2 Å². The Morgan fingerprint density at radius 3 is 2.38 bits per heavy atom.